The molecule has 1 aromatic rings. The molecule has 0 saturated heterocycles. The molecule has 0 heterocycles. The lowest BCUT2D eigenvalue weighted by atomic mass is 10.0. The summed E-state index contributed by atoms with van der Waals surface area (Å²) in [7, 11) is 0. The van der Waals surface area contributed by atoms with Crippen LogP contribution in [0.5, 0.6) is 0 Å². The number of aliphatic carboxylic acids is 1. The summed E-state index contributed by atoms with van der Waals surface area (Å²) < 4.78 is 0. The zero-order chi connectivity index (χ0) is 15.4. The largest absolute Gasteiger partial charge is 0.481 e. The third-order valence-corrected chi connectivity index (χ3v) is 3.94. The van der Waals surface area contributed by atoms with E-state index in [2.05, 4.69) is 5.32 Å². The third-order valence-electron chi connectivity index (χ3n) is 3.94. The minimum absolute atomic E-state index is 0.0170. The molecule has 21 heavy (non-hydrogen) atoms. The van der Waals surface area contributed by atoms with Gasteiger partial charge in [-0.2, -0.15) is 0 Å². The summed E-state index contributed by atoms with van der Waals surface area (Å²) in [5.41, 5.74) is 3.79. The Kier molecular flexibility index (Phi) is 4.78. The fourth-order valence-corrected chi connectivity index (χ4v) is 2.57. The Labute approximate surface area is 124 Å². The molecule has 2 rings (SSSR count). The monoisotopic (exact) mass is 287 g/mol. The maximum Gasteiger partial charge on any atom is 0.306 e. The van der Waals surface area contributed by atoms with E-state index in [1.54, 1.807) is 6.92 Å². The summed E-state index contributed by atoms with van der Waals surface area (Å²) in [4.78, 5) is 23.0. The first-order valence-electron chi connectivity index (χ1n) is 7.29. The molecule has 0 fully saturated rings. The average molecular weight is 287 g/mol. The number of carbonyl (C=O) groups excluding carboxylic acids is 1. The molecular formula is C17H21NO3. The van der Waals surface area contributed by atoms with Gasteiger partial charge in [-0.15, -0.1) is 0 Å². The Balaban J connectivity index is 1.98. The maximum absolute atomic E-state index is 12.1. The Morgan fingerprint density at radius 2 is 1.90 bits per heavy atom. The number of carboxylic acid groups (broad SMARTS) is 1. The van der Waals surface area contributed by atoms with Crippen molar-refractivity contribution in [3.8, 4) is 0 Å². The van der Waals surface area contributed by atoms with Crippen LogP contribution in [0.2, 0.25) is 0 Å². The maximum atomic E-state index is 12.1. The highest BCUT2D eigenvalue weighted by atomic mass is 16.4. The van der Waals surface area contributed by atoms with E-state index in [1.807, 2.05) is 31.2 Å². The van der Waals surface area contributed by atoms with E-state index < -0.39 is 11.9 Å². The molecule has 0 aliphatic heterocycles. The van der Waals surface area contributed by atoms with E-state index in [1.165, 1.54) is 5.57 Å². The van der Waals surface area contributed by atoms with Gasteiger partial charge in [0.2, 0.25) is 0 Å². The highest BCUT2D eigenvalue weighted by Crippen LogP contribution is 2.26. The first-order valence-corrected chi connectivity index (χ1v) is 7.29. The number of carboxylic acids is 1. The molecule has 1 aromatic carbocycles. The van der Waals surface area contributed by atoms with Gasteiger partial charge in [-0.3, -0.25) is 9.59 Å². The fourth-order valence-electron chi connectivity index (χ4n) is 2.57. The van der Waals surface area contributed by atoms with Crippen LogP contribution in [0, 0.1) is 5.92 Å². The van der Waals surface area contributed by atoms with Crippen molar-refractivity contribution in [1.82, 2.24) is 0 Å². The van der Waals surface area contributed by atoms with Gasteiger partial charge in [0.05, 0.1) is 5.92 Å². The lowest BCUT2D eigenvalue weighted by molar-refractivity contribution is -0.141. The Morgan fingerprint density at radius 3 is 2.43 bits per heavy atom. The van der Waals surface area contributed by atoms with Crippen molar-refractivity contribution in [2.75, 3.05) is 5.32 Å². The number of hydrogen-bond acceptors (Lipinski definition) is 2. The molecule has 0 radical (unpaired) electrons. The van der Waals surface area contributed by atoms with Crippen LogP contribution in [0.25, 0.3) is 0 Å². The first kappa shape index (κ1) is 15.3. The summed E-state index contributed by atoms with van der Waals surface area (Å²) >= 11 is 0. The van der Waals surface area contributed by atoms with Gasteiger partial charge in [-0.1, -0.05) is 24.6 Å². The minimum Gasteiger partial charge on any atom is -0.481 e. The van der Waals surface area contributed by atoms with Crippen LogP contribution in [0.3, 0.4) is 0 Å². The van der Waals surface area contributed by atoms with Gasteiger partial charge in [-0.05, 0) is 50.3 Å². The second kappa shape index (κ2) is 6.57. The van der Waals surface area contributed by atoms with E-state index in [9.17, 15) is 9.59 Å². The fraction of sp³-hybridized carbons (Fsp3) is 0.412. The van der Waals surface area contributed by atoms with Gasteiger partial charge in [-0.25, -0.2) is 0 Å². The van der Waals surface area contributed by atoms with E-state index >= 15 is 0 Å². The van der Waals surface area contributed by atoms with Crippen LogP contribution in [0.15, 0.2) is 35.4 Å². The summed E-state index contributed by atoms with van der Waals surface area (Å²) in [6.45, 7) is 3.70. The molecule has 4 nitrogen and oxygen atoms in total. The zero-order valence-electron chi connectivity index (χ0n) is 12.5. The average Bonchev–Trinajstić information content (AvgIpc) is 2.87. The number of nitrogens with one attached hydrogen (secondary N) is 1. The van der Waals surface area contributed by atoms with Gasteiger partial charge in [0.25, 0.3) is 5.91 Å². The molecule has 0 saturated carbocycles. The predicted octanol–water partition coefficient (Wildman–Crippen LogP) is 3.39. The first-order chi connectivity index (χ1) is 9.97. The van der Waals surface area contributed by atoms with Crippen LogP contribution < -0.4 is 5.32 Å². The molecule has 1 unspecified atom stereocenters. The Hall–Kier alpha value is -2.10. The van der Waals surface area contributed by atoms with Gasteiger partial charge in [0, 0.05) is 11.3 Å². The third kappa shape index (κ3) is 3.94. The lowest BCUT2D eigenvalue weighted by Gasteiger charge is -2.09. The van der Waals surface area contributed by atoms with Crippen molar-refractivity contribution in [3.63, 3.8) is 0 Å². The van der Waals surface area contributed by atoms with Crippen molar-refractivity contribution in [2.24, 2.45) is 5.92 Å². The molecule has 0 aromatic heterocycles. The minimum atomic E-state index is -0.795. The molecule has 0 spiro atoms. The van der Waals surface area contributed by atoms with Crippen molar-refractivity contribution in [2.45, 2.75) is 39.5 Å². The zero-order valence-corrected chi connectivity index (χ0v) is 12.5. The molecule has 4 heteroatoms. The lowest BCUT2D eigenvalue weighted by Crippen LogP contribution is -2.14. The van der Waals surface area contributed by atoms with Gasteiger partial charge < -0.3 is 10.4 Å². The standard InChI is InChI=1S/C17H21NO3/c1-11-4-3-5-15(11)16(19)18-14-8-6-13(7-9-14)10-12(2)17(20)21/h6-9,12H,3-5,10H2,1-2H3,(H,18,19)(H,20,21). The number of anilines is 1. The van der Waals surface area contributed by atoms with Crippen LogP contribution in [0.4, 0.5) is 5.69 Å². The van der Waals surface area contributed by atoms with Crippen molar-refractivity contribution < 1.29 is 14.7 Å². The van der Waals surface area contributed by atoms with E-state index in [0.717, 1.165) is 36.1 Å². The molecule has 1 atom stereocenters. The van der Waals surface area contributed by atoms with E-state index in [-0.39, 0.29) is 5.91 Å². The highest BCUT2D eigenvalue weighted by molar-refractivity contribution is 6.04. The summed E-state index contributed by atoms with van der Waals surface area (Å²) in [6.07, 6.45) is 3.41. The highest BCUT2D eigenvalue weighted by Gasteiger charge is 2.18. The number of benzene rings is 1. The second-order valence-electron chi connectivity index (χ2n) is 5.71. The van der Waals surface area contributed by atoms with Gasteiger partial charge >= 0.3 is 5.97 Å². The van der Waals surface area contributed by atoms with Gasteiger partial charge in [0.15, 0.2) is 0 Å². The summed E-state index contributed by atoms with van der Waals surface area (Å²) in [6, 6.07) is 7.38. The molecule has 1 aliphatic rings. The van der Waals surface area contributed by atoms with Crippen molar-refractivity contribution >= 4 is 17.6 Å². The van der Waals surface area contributed by atoms with Crippen LogP contribution in [0.1, 0.15) is 38.7 Å². The number of rotatable bonds is 5. The molecule has 2 N–H and O–H groups in total. The smallest absolute Gasteiger partial charge is 0.306 e. The van der Waals surface area contributed by atoms with E-state index in [4.69, 9.17) is 5.11 Å². The number of allylic oxidation sites excluding steroid dienone is 1. The molecular weight excluding hydrogens is 266 g/mol. The van der Waals surface area contributed by atoms with Crippen LogP contribution >= 0.6 is 0 Å². The van der Waals surface area contributed by atoms with E-state index in [0.29, 0.717) is 6.42 Å². The molecule has 1 aliphatic carbocycles. The van der Waals surface area contributed by atoms with Crippen LogP contribution in [-0.4, -0.2) is 17.0 Å². The predicted molar refractivity (Wildman–Crippen MR) is 82.1 cm³/mol. The second-order valence-corrected chi connectivity index (χ2v) is 5.71. The summed E-state index contributed by atoms with van der Waals surface area (Å²) in [5, 5.41) is 11.8. The number of amides is 1. The number of carbonyl (C=O) groups is 2. The molecule has 0 bridgehead atoms. The molecule has 112 valence electrons. The summed E-state index contributed by atoms with van der Waals surface area (Å²) in [5.74, 6) is -1.22. The van der Waals surface area contributed by atoms with Crippen LogP contribution in [-0.2, 0) is 16.0 Å². The quantitative estimate of drug-likeness (QED) is 0.872. The normalized spacial score (nSPS) is 15.9. The topological polar surface area (TPSA) is 66.4 Å². The Morgan fingerprint density at radius 1 is 1.24 bits per heavy atom. The van der Waals surface area contributed by atoms with Crippen molar-refractivity contribution in [3.05, 3.63) is 41.0 Å². The molecule has 1 amide bonds. The number of hydrogen-bond donors (Lipinski definition) is 2. The van der Waals surface area contributed by atoms with Gasteiger partial charge in [0.1, 0.15) is 0 Å². The SMILES string of the molecule is CC1=C(C(=O)Nc2ccc(CC(C)C(=O)O)cc2)CCC1. The Bertz CT molecular complexity index is 572. The van der Waals surface area contributed by atoms with Crippen molar-refractivity contribution in [1.29, 1.82) is 0 Å².